The molecule has 0 amide bonds. The van der Waals surface area contributed by atoms with Gasteiger partial charge >= 0.3 is 5.97 Å². The van der Waals surface area contributed by atoms with Gasteiger partial charge in [-0.2, -0.15) is 0 Å². The van der Waals surface area contributed by atoms with Crippen molar-refractivity contribution in [2.45, 2.75) is 25.3 Å². The average Bonchev–Trinajstić information content (AvgIpc) is 2.68. The molecule has 1 atom stereocenters. The van der Waals surface area contributed by atoms with E-state index in [0.29, 0.717) is 11.5 Å². The Bertz CT molecular complexity index is 459. The number of rotatable bonds is 5. The van der Waals surface area contributed by atoms with Gasteiger partial charge in [-0.05, 0) is 24.5 Å². The van der Waals surface area contributed by atoms with Gasteiger partial charge in [-0.1, -0.05) is 6.07 Å². The Morgan fingerprint density at radius 3 is 2.94 bits per heavy atom. The number of carboxylic acid groups (broad SMARTS) is 1. The number of benzene rings is 1. The van der Waals surface area contributed by atoms with Gasteiger partial charge in [-0.25, -0.2) is 0 Å². The lowest BCUT2D eigenvalue weighted by molar-refractivity contribution is -0.137. The molecule has 2 rings (SSSR count). The average molecular weight is 251 g/mol. The molecular formula is C13H17NO4. The van der Waals surface area contributed by atoms with E-state index in [1.54, 1.807) is 7.11 Å². The molecule has 0 aromatic heterocycles. The zero-order valence-corrected chi connectivity index (χ0v) is 10.3. The van der Waals surface area contributed by atoms with E-state index in [-0.39, 0.29) is 19.1 Å². The molecule has 18 heavy (non-hydrogen) atoms. The number of hydrogen-bond acceptors (Lipinski definition) is 4. The molecule has 0 bridgehead atoms. The van der Waals surface area contributed by atoms with Crippen LogP contribution in [0.2, 0.25) is 0 Å². The minimum absolute atomic E-state index is 0.0280. The summed E-state index contributed by atoms with van der Waals surface area (Å²) in [6.07, 6.45) is 1.59. The third-order valence-electron chi connectivity index (χ3n) is 3.05. The minimum Gasteiger partial charge on any atom is -0.493 e. The van der Waals surface area contributed by atoms with Gasteiger partial charge in [0.2, 0.25) is 0 Å². The highest BCUT2D eigenvalue weighted by Gasteiger charge is 2.24. The fourth-order valence-corrected chi connectivity index (χ4v) is 2.26. The molecule has 98 valence electrons. The summed E-state index contributed by atoms with van der Waals surface area (Å²) in [5.74, 6) is 0.398. The lowest BCUT2D eigenvalue weighted by atomic mass is 10.1. The van der Waals surface area contributed by atoms with Crippen LogP contribution in [0.3, 0.4) is 0 Å². The highest BCUT2D eigenvalue weighted by molar-refractivity contribution is 5.66. The van der Waals surface area contributed by atoms with Crippen molar-refractivity contribution in [2.24, 2.45) is 5.73 Å². The topological polar surface area (TPSA) is 81.8 Å². The predicted octanol–water partition coefficient (Wildman–Crippen LogP) is 0.975. The first-order chi connectivity index (χ1) is 8.61. The van der Waals surface area contributed by atoms with Crippen LogP contribution in [0.5, 0.6) is 11.5 Å². The largest absolute Gasteiger partial charge is 0.493 e. The van der Waals surface area contributed by atoms with Crippen LogP contribution in [0.1, 0.15) is 17.5 Å². The van der Waals surface area contributed by atoms with Crippen LogP contribution in [0.25, 0.3) is 0 Å². The number of ether oxygens (including phenoxy) is 2. The maximum atomic E-state index is 10.4. The Morgan fingerprint density at radius 2 is 2.28 bits per heavy atom. The molecule has 1 aromatic rings. The zero-order chi connectivity index (χ0) is 13.1. The standard InChI is InChI=1S/C13H17NO4/c1-17-13-10-7-9(14)6-8(10)2-3-11(13)18-5-4-12(15)16/h2-3,9H,4-7,14H2,1H3,(H,15,16). The van der Waals surface area contributed by atoms with Gasteiger partial charge in [0, 0.05) is 11.6 Å². The van der Waals surface area contributed by atoms with E-state index >= 15 is 0 Å². The number of fused-ring (bicyclic) bond motifs is 1. The second kappa shape index (κ2) is 5.27. The van der Waals surface area contributed by atoms with Crippen molar-refractivity contribution in [1.82, 2.24) is 0 Å². The van der Waals surface area contributed by atoms with Gasteiger partial charge in [-0.15, -0.1) is 0 Å². The highest BCUT2D eigenvalue weighted by Crippen LogP contribution is 2.38. The SMILES string of the molecule is COc1c(OCCC(=O)O)ccc2c1CC(N)C2. The van der Waals surface area contributed by atoms with Crippen molar-refractivity contribution in [3.8, 4) is 11.5 Å². The van der Waals surface area contributed by atoms with Crippen LogP contribution in [-0.2, 0) is 17.6 Å². The summed E-state index contributed by atoms with van der Waals surface area (Å²) in [6.45, 7) is 0.135. The number of hydrogen-bond donors (Lipinski definition) is 2. The molecule has 0 fully saturated rings. The first-order valence-corrected chi connectivity index (χ1v) is 5.90. The van der Waals surface area contributed by atoms with Crippen molar-refractivity contribution < 1.29 is 19.4 Å². The normalized spacial score (nSPS) is 17.3. The molecule has 3 N–H and O–H groups in total. The smallest absolute Gasteiger partial charge is 0.306 e. The van der Waals surface area contributed by atoms with Crippen LogP contribution >= 0.6 is 0 Å². The lowest BCUT2D eigenvalue weighted by Gasteiger charge is -2.13. The molecule has 0 spiro atoms. The van der Waals surface area contributed by atoms with Crippen LogP contribution in [0.15, 0.2) is 12.1 Å². The molecule has 0 heterocycles. The summed E-state index contributed by atoms with van der Waals surface area (Å²) in [5, 5.41) is 8.58. The van der Waals surface area contributed by atoms with Crippen molar-refractivity contribution in [1.29, 1.82) is 0 Å². The van der Waals surface area contributed by atoms with E-state index in [1.165, 1.54) is 5.56 Å². The minimum atomic E-state index is -0.878. The van der Waals surface area contributed by atoms with Gasteiger partial charge in [0.25, 0.3) is 0 Å². The maximum Gasteiger partial charge on any atom is 0.306 e. The Labute approximate surface area is 106 Å². The third-order valence-corrected chi connectivity index (χ3v) is 3.05. The Morgan fingerprint density at radius 1 is 1.50 bits per heavy atom. The van der Waals surface area contributed by atoms with Gasteiger partial charge in [-0.3, -0.25) is 4.79 Å². The van der Waals surface area contributed by atoms with Crippen LogP contribution in [-0.4, -0.2) is 30.8 Å². The second-order valence-corrected chi connectivity index (χ2v) is 4.40. The van der Waals surface area contributed by atoms with Crippen LogP contribution < -0.4 is 15.2 Å². The Kier molecular flexibility index (Phi) is 3.72. The number of nitrogens with two attached hydrogens (primary N) is 1. The first kappa shape index (κ1) is 12.7. The second-order valence-electron chi connectivity index (χ2n) is 4.40. The molecule has 0 saturated carbocycles. The van der Waals surface area contributed by atoms with Gasteiger partial charge in [0.05, 0.1) is 20.1 Å². The fraction of sp³-hybridized carbons (Fsp3) is 0.462. The van der Waals surface area contributed by atoms with Gasteiger partial charge in [0.1, 0.15) is 0 Å². The summed E-state index contributed by atoms with van der Waals surface area (Å²) >= 11 is 0. The number of carbonyl (C=O) groups is 1. The van der Waals surface area contributed by atoms with Gasteiger partial charge < -0.3 is 20.3 Å². The van der Waals surface area contributed by atoms with Crippen LogP contribution in [0.4, 0.5) is 0 Å². The third kappa shape index (κ3) is 2.56. The van der Waals surface area contributed by atoms with E-state index < -0.39 is 5.97 Å². The molecule has 0 radical (unpaired) electrons. The molecule has 5 heteroatoms. The summed E-state index contributed by atoms with van der Waals surface area (Å²) < 4.78 is 10.8. The highest BCUT2D eigenvalue weighted by atomic mass is 16.5. The summed E-state index contributed by atoms with van der Waals surface area (Å²) in [7, 11) is 1.59. The summed E-state index contributed by atoms with van der Waals surface area (Å²) in [5.41, 5.74) is 8.19. The Hall–Kier alpha value is -1.75. The molecule has 5 nitrogen and oxygen atoms in total. The van der Waals surface area contributed by atoms with Gasteiger partial charge in [0.15, 0.2) is 11.5 Å². The quantitative estimate of drug-likeness (QED) is 0.815. The van der Waals surface area contributed by atoms with E-state index in [0.717, 1.165) is 18.4 Å². The molecule has 1 aliphatic carbocycles. The first-order valence-electron chi connectivity index (χ1n) is 5.90. The Balaban J connectivity index is 2.16. The predicted molar refractivity (Wildman–Crippen MR) is 66.1 cm³/mol. The van der Waals surface area contributed by atoms with E-state index in [9.17, 15) is 4.79 Å². The van der Waals surface area contributed by atoms with E-state index in [4.69, 9.17) is 20.3 Å². The van der Waals surface area contributed by atoms with E-state index in [2.05, 4.69) is 0 Å². The van der Waals surface area contributed by atoms with E-state index in [1.807, 2.05) is 12.1 Å². The monoisotopic (exact) mass is 251 g/mol. The molecule has 0 aliphatic heterocycles. The molecule has 0 saturated heterocycles. The zero-order valence-electron chi connectivity index (χ0n) is 10.3. The van der Waals surface area contributed by atoms with Crippen LogP contribution in [0, 0.1) is 0 Å². The molecule has 1 aromatic carbocycles. The molecular weight excluding hydrogens is 234 g/mol. The number of carboxylic acids is 1. The fourth-order valence-electron chi connectivity index (χ4n) is 2.26. The summed E-state index contributed by atoms with van der Waals surface area (Å²) in [4.78, 5) is 10.4. The summed E-state index contributed by atoms with van der Waals surface area (Å²) in [6, 6.07) is 3.92. The van der Waals surface area contributed by atoms with Crippen molar-refractivity contribution in [2.75, 3.05) is 13.7 Å². The number of aliphatic carboxylic acids is 1. The maximum absolute atomic E-state index is 10.4. The lowest BCUT2D eigenvalue weighted by Crippen LogP contribution is -2.19. The van der Waals surface area contributed by atoms with Crippen molar-refractivity contribution >= 4 is 5.97 Å². The number of methoxy groups -OCH3 is 1. The van der Waals surface area contributed by atoms with Crippen molar-refractivity contribution in [3.05, 3.63) is 23.3 Å². The molecule has 1 aliphatic rings. The van der Waals surface area contributed by atoms with Crippen molar-refractivity contribution in [3.63, 3.8) is 0 Å². The molecule has 1 unspecified atom stereocenters.